The van der Waals surface area contributed by atoms with Crippen molar-refractivity contribution >= 4 is 15.9 Å². The summed E-state index contributed by atoms with van der Waals surface area (Å²) in [5.41, 5.74) is 0. The Bertz CT molecular complexity index is 336. The molecule has 1 fully saturated rings. The van der Waals surface area contributed by atoms with E-state index in [9.17, 15) is 13.2 Å². The van der Waals surface area contributed by atoms with Gasteiger partial charge in [0.25, 0.3) is 0 Å². The first-order chi connectivity index (χ1) is 7.45. The smallest absolute Gasteiger partial charge is 0.235 e. The molecule has 0 aromatic rings. The molecular weight excluding hydrogens is 230 g/mol. The van der Waals surface area contributed by atoms with Crippen molar-refractivity contribution in [2.75, 3.05) is 32.4 Å². The van der Waals surface area contributed by atoms with Gasteiger partial charge in [-0.15, -0.1) is 0 Å². The molecule has 1 unspecified atom stereocenters. The van der Waals surface area contributed by atoms with Crippen LogP contribution in [0, 0.1) is 0 Å². The number of hydrogen-bond acceptors (Lipinski definition) is 4. The summed E-state index contributed by atoms with van der Waals surface area (Å²) in [5, 5.41) is 5.92. The fourth-order valence-electron chi connectivity index (χ4n) is 1.57. The molecule has 0 radical (unpaired) electrons. The average molecular weight is 249 g/mol. The van der Waals surface area contributed by atoms with Crippen molar-refractivity contribution in [1.29, 1.82) is 0 Å². The van der Waals surface area contributed by atoms with Gasteiger partial charge in [-0.05, 0) is 19.9 Å². The minimum Gasteiger partial charge on any atom is -0.351 e. The van der Waals surface area contributed by atoms with Crippen molar-refractivity contribution in [3.8, 4) is 0 Å². The van der Waals surface area contributed by atoms with Gasteiger partial charge in [0, 0.05) is 19.6 Å². The van der Waals surface area contributed by atoms with Crippen LogP contribution in [0.1, 0.15) is 13.3 Å². The molecule has 6 nitrogen and oxygen atoms in total. The molecule has 7 heteroatoms. The number of sulfonamides is 1. The molecule has 0 aromatic carbocycles. The minimum absolute atomic E-state index is 0.0156. The van der Waals surface area contributed by atoms with Gasteiger partial charge in [0.05, 0.1) is 12.3 Å². The van der Waals surface area contributed by atoms with Crippen LogP contribution in [0.15, 0.2) is 0 Å². The number of likely N-dealkylation sites (N-methyl/N-ethyl adjacent to an activating group) is 1. The fourth-order valence-corrected chi connectivity index (χ4v) is 2.33. The van der Waals surface area contributed by atoms with Crippen molar-refractivity contribution in [2.24, 2.45) is 0 Å². The molecule has 0 spiro atoms. The molecule has 0 bridgehead atoms. The average Bonchev–Trinajstić information content (AvgIpc) is 2.70. The van der Waals surface area contributed by atoms with Crippen molar-refractivity contribution in [3.63, 3.8) is 0 Å². The number of rotatable bonds is 5. The molecule has 1 amide bonds. The summed E-state index contributed by atoms with van der Waals surface area (Å²) in [5.74, 6) is -0.227. The first-order valence-electron chi connectivity index (χ1n) is 5.40. The van der Waals surface area contributed by atoms with E-state index in [1.165, 1.54) is 7.05 Å². The minimum atomic E-state index is -3.27. The topological polar surface area (TPSA) is 78.5 Å². The number of carbonyl (C=O) groups excluding carboxylic acids is 1. The second kappa shape index (κ2) is 5.60. The summed E-state index contributed by atoms with van der Waals surface area (Å²) < 4.78 is 23.9. The normalized spacial score (nSPS) is 21.3. The van der Waals surface area contributed by atoms with Crippen LogP contribution in [0.5, 0.6) is 0 Å². The first-order valence-corrected chi connectivity index (χ1v) is 7.00. The Morgan fingerprint density at radius 2 is 2.25 bits per heavy atom. The van der Waals surface area contributed by atoms with Gasteiger partial charge >= 0.3 is 0 Å². The quantitative estimate of drug-likeness (QED) is 0.638. The highest BCUT2D eigenvalue weighted by atomic mass is 32.2. The number of nitrogens with one attached hydrogen (secondary N) is 2. The summed E-state index contributed by atoms with van der Waals surface area (Å²) in [6, 6.07) is 0.130. The first kappa shape index (κ1) is 13.4. The molecule has 16 heavy (non-hydrogen) atoms. The highest BCUT2D eigenvalue weighted by Crippen LogP contribution is 1.99. The summed E-state index contributed by atoms with van der Waals surface area (Å²) in [6.45, 7) is 3.11. The number of amides is 1. The van der Waals surface area contributed by atoms with E-state index in [0.29, 0.717) is 0 Å². The summed E-state index contributed by atoms with van der Waals surface area (Å²) in [6.07, 6.45) is 0.899. The van der Waals surface area contributed by atoms with E-state index in [2.05, 4.69) is 10.6 Å². The van der Waals surface area contributed by atoms with Gasteiger partial charge in [-0.3, -0.25) is 4.79 Å². The maximum atomic E-state index is 11.5. The van der Waals surface area contributed by atoms with Crippen LogP contribution in [0.2, 0.25) is 0 Å². The van der Waals surface area contributed by atoms with Crippen molar-refractivity contribution in [2.45, 2.75) is 19.4 Å². The second-order valence-corrected chi connectivity index (χ2v) is 6.28. The molecular formula is C9H19N3O3S. The van der Waals surface area contributed by atoms with E-state index in [1.54, 1.807) is 6.92 Å². The Labute approximate surface area is 96.4 Å². The Kier molecular flexibility index (Phi) is 4.69. The largest absolute Gasteiger partial charge is 0.351 e. The predicted molar refractivity (Wildman–Crippen MR) is 61.5 cm³/mol. The molecule has 1 heterocycles. The molecule has 1 atom stereocenters. The van der Waals surface area contributed by atoms with Crippen molar-refractivity contribution in [1.82, 2.24) is 14.9 Å². The van der Waals surface area contributed by atoms with Crippen LogP contribution in [0.25, 0.3) is 0 Å². The third-order valence-corrected chi connectivity index (χ3v) is 4.44. The van der Waals surface area contributed by atoms with Crippen LogP contribution in [-0.4, -0.2) is 57.1 Å². The zero-order valence-corrected chi connectivity index (χ0v) is 10.5. The summed E-state index contributed by atoms with van der Waals surface area (Å²) in [4.78, 5) is 11.5. The van der Waals surface area contributed by atoms with Gasteiger partial charge in [0.1, 0.15) is 0 Å². The summed E-state index contributed by atoms with van der Waals surface area (Å²) in [7, 11) is -1.85. The number of nitrogens with zero attached hydrogens (tertiary/aromatic N) is 1. The van der Waals surface area contributed by atoms with Crippen molar-refractivity contribution < 1.29 is 13.2 Å². The predicted octanol–water partition coefficient (Wildman–Crippen LogP) is -1.25. The van der Waals surface area contributed by atoms with Gasteiger partial charge < -0.3 is 10.6 Å². The lowest BCUT2D eigenvalue weighted by atomic mass is 10.2. The number of hydrogen-bond donors (Lipinski definition) is 2. The Balaban J connectivity index is 2.39. The van der Waals surface area contributed by atoms with Gasteiger partial charge in [0.15, 0.2) is 0 Å². The van der Waals surface area contributed by atoms with E-state index < -0.39 is 10.0 Å². The number of carbonyl (C=O) groups is 1. The third kappa shape index (κ3) is 3.73. The summed E-state index contributed by atoms with van der Waals surface area (Å²) >= 11 is 0. The molecule has 2 N–H and O–H groups in total. The Morgan fingerprint density at radius 3 is 2.75 bits per heavy atom. The standard InChI is InChI=1S/C9H19N3O3S/c1-3-16(14,15)12(2)7-9(13)11-8-4-5-10-6-8/h8,10H,3-7H2,1-2H3,(H,11,13). The Hall–Kier alpha value is -0.660. The molecule has 1 rings (SSSR count). The van der Waals surface area contributed by atoms with Crippen LogP contribution in [-0.2, 0) is 14.8 Å². The molecule has 0 aliphatic carbocycles. The van der Waals surface area contributed by atoms with Gasteiger partial charge in [0.2, 0.25) is 15.9 Å². The van der Waals surface area contributed by atoms with E-state index >= 15 is 0 Å². The highest BCUT2D eigenvalue weighted by Gasteiger charge is 2.21. The SMILES string of the molecule is CCS(=O)(=O)N(C)CC(=O)NC1CCNC1. The third-order valence-electron chi connectivity index (χ3n) is 2.63. The highest BCUT2D eigenvalue weighted by molar-refractivity contribution is 7.89. The zero-order valence-electron chi connectivity index (χ0n) is 9.69. The molecule has 94 valence electrons. The van der Waals surface area contributed by atoms with E-state index in [4.69, 9.17) is 0 Å². The second-order valence-electron chi connectivity index (χ2n) is 3.91. The van der Waals surface area contributed by atoms with E-state index in [1.807, 2.05) is 0 Å². The van der Waals surface area contributed by atoms with Crippen LogP contribution in [0.3, 0.4) is 0 Å². The zero-order chi connectivity index (χ0) is 12.2. The maximum absolute atomic E-state index is 11.5. The van der Waals surface area contributed by atoms with Gasteiger partial charge in [-0.2, -0.15) is 4.31 Å². The fraction of sp³-hybridized carbons (Fsp3) is 0.889. The van der Waals surface area contributed by atoms with Crippen LogP contribution in [0.4, 0.5) is 0 Å². The lowest BCUT2D eigenvalue weighted by molar-refractivity contribution is -0.121. The van der Waals surface area contributed by atoms with Crippen LogP contribution >= 0.6 is 0 Å². The van der Waals surface area contributed by atoms with Gasteiger partial charge in [-0.1, -0.05) is 0 Å². The lowest BCUT2D eigenvalue weighted by Gasteiger charge is -2.17. The molecule has 0 aromatic heterocycles. The monoisotopic (exact) mass is 249 g/mol. The van der Waals surface area contributed by atoms with E-state index in [0.717, 1.165) is 23.8 Å². The Morgan fingerprint density at radius 1 is 1.56 bits per heavy atom. The molecule has 1 aliphatic rings. The van der Waals surface area contributed by atoms with E-state index in [-0.39, 0.29) is 24.2 Å². The van der Waals surface area contributed by atoms with Crippen LogP contribution < -0.4 is 10.6 Å². The molecule has 1 saturated heterocycles. The maximum Gasteiger partial charge on any atom is 0.235 e. The lowest BCUT2D eigenvalue weighted by Crippen LogP contribution is -2.43. The van der Waals surface area contributed by atoms with Gasteiger partial charge in [-0.25, -0.2) is 8.42 Å². The molecule has 0 saturated carbocycles. The molecule has 1 aliphatic heterocycles. The van der Waals surface area contributed by atoms with Crippen molar-refractivity contribution in [3.05, 3.63) is 0 Å².